The van der Waals surface area contributed by atoms with E-state index in [2.05, 4.69) is 74.6 Å². The minimum absolute atomic E-state index is 0.0671. The summed E-state index contributed by atoms with van der Waals surface area (Å²) in [6.45, 7) is 4.15. The van der Waals surface area contributed by atoms with Crippen LogP contribution in [0.1, 0.15) is 322 Å². The van der Waals surface area contributed by atoms with Crippen LogP contribution in [0, 0.1) is 0 Å². The second-order valence-corrected chi connectivity index (χ2v) is 20.8. The molecule has 0 bridgehead atoms. The number of aliphatic hydroxyl groups is 1. The highest BCUT2D eigenvalue weighted by Gasteiger charge is 2.16. The molecule has 1 N–H and O–H groups in total. The summed E-state index contributed by atoms with van der Waals surface area (Å²) < 4.78 is 10.7. The Morgan fingerprint density at radius 3 is 0.857 bits per heavy atom. The summed E-state index contributed by atoms with van der Waals surface area (Å²) in [5.41, 5.74) is 0. The maximum Gasteiger partial charge on any atom is 0.306 e. The molecule has 0 spiro atoms. The van der Waals surface area contributed by atoms with Gasteiger partial charge in [-0.05, 0) is 83.5 Å². The van der Waals surface area contributed by atoms with E-state index >= 15 is 0 Å². The molecule has 0 aliphatic carbocycles. The van der Waals surface area contributed by atoms with Gasteiger partial charge in [-0.15, -0.1) is 0 Å². The van der Waals surface area contributed by atoms with E-state index in [1.807, 2.05) is 0 Å². The molecule has 0 heterocycles. The highest BCUT2D eigenvalue weighted by Crippen LogP contribution is 2.17. The number of allylic oxidation sites excluding steroid dienone is 10. The molecule has 408 valence electrons. The maximum absolute atomic E-state index is 12.3. The first-order valence-electron chi connectivity index (χ1n) is 30.8. The molecule has 0 saturated heterocycles. The van der Waals surface area contributed by atoms with Crippen molar-refractivity contribution in [3.63, 3.8) is 0 Å². The lowest BCUT2D eigenvalue weighted by molar-refractivity contribution is -0.161. The third-order valence-corrected chi connectivity index (χ3v) is 13.8. The van der Waals surface area contributed by atoms with E-state index in [9.17, 15) is 14.7 Å². The number of ether oxygens (including phenoxy) is 2. The molecule has 1 atom stereocenters. The monoisotopic (exact) mass is 979 g/mol. The Hall–Kier alpha value is -2.40. The van der Waals surface area contributed by atoms with Crippen LogP contribution in [-0.2, 0) is 19.1 Å². The second-order valence-electron chi connectivity index (χ2n) is 20.8. The van der Waals surface area contributed by atoms with Gasteiger partial charge in [-0.25, -0.2) is 0 Å². The van der Waals surface area contributed by atoms with Crippen LogP contribution < -0.4 is 0 Å². The van der Waals surface area contributed by atoms with Crippen LogP contribution in [0.3, 0.4) is 0 Å². The summed E-state index contributed by atoms with van der Waals surface area (Å²) in [4.78, 5) is 24.6. The van der Waals surface area contributed by atoms with E-state index in [4.69, 9.17) is 9.47 Å². The Bertz CT molecular complexity index is 1200. The Morgan fingerprint density at radius 1 is 0.329 bits per heavy atom. The smallest absolute Gasteiger partial charge is 0.306 e. The van der Waals surface area contributed by atoms with Gasteiger partial charge >= 0.3 is 11.9 Å². The number of carbonyl (C=O) groups excluding carboxylic acids is 2. The predicted octanol–water partition coefficient (Wildman–Crippen LogP) is 21.0. The average molecular weight is 980 g/mol. The van der Waals surface area contributed by atoms with Crippen molar-refractivity contribution >= 4 is 11.9 Å². The van der Waals surface area contributed by atoms with E-state index < -0.39 is 6.10 Å². The quantitative estimate of drug-likeness (QED) is 0.0373. The number of esters is 2. The van der Waals surface area contributed by atoms with E-state index in [0.29, 0.717) is 12.8 Å². The molecule has 1 unspecified atom stereocenters. The van der Waals surface area contributed by atoms with Gasteiger partial charge in [0.15, 0.2) is 6.10 Å². The zero-order chi connectivity index (χ0) is 50.6. The van der Waals surface area contributed by atoms with Crippen molar-refractivity contribution in [1.29, 1.82) is 0 Å². The van der Waals surface area contributed by atoms with Gasteiger partial charge in [0.25, 0.3) is 0 Å². The second kappa shape index (κ2) is 60.9. The minimum atomic E-state index is -0.777. The largest absolute Gasteiger partial charge is 0.462 e. The topological polar surface area (TPSA) is 72.8 Å². The Morgan fingerprint density at radius 2 is 0.571 bits per heavy atom. The van der Waals surface area contributed by atoms with Gasteiger partial charge in [0.1, 0.15) is 6.61 Å². The highest BCUT2D eigenvalue weighted by molar-refractivity contribution is 5.70. The predicted molar refractivity (Wildman–Crippen MR) is 307 cm³/mol. The molecule has 5 heteroatoms. The fourth-order valence-electron chi connectivity index (χ4n) is 9.13. The lowest BCUT2D eigenvalue weighted by Crippen LogP contribution is -2.28. The van der Waals surface area contributed by atoms with Gasteiger partial charge in [0.2, 0.25) is 0 Å². The van der Waals surface area contributed by atoms with Crippen LogP contribution in [0.25, 0.3) is 0 Å². The Kier molecular flexibility index (Phi) is 58.8. The summed E-state index contributed by atoms with van der Waals surface area (Å²) in [6.07, 6.45) is 82.2. The number of aliphatic hydroxyl groups excluding tert-OH is 1. The van der Waals surface area contributed by atoms with Gasteiger partial charge in [-0.1, -0.05) is 286 Å². The first-order chi connectivity index (χ1) is 34.6. The van der Waals surface area contributed by atoms with Crippen molar-refractivity contribution in [3.05, 3.63) is 60.8 Å². The van der Waals surface area contributed by atoms with Gasteiger partial charge in [-0.2, -0.15) is 0 Å². The van der Waals surface area contributed by atoms with Gasteiger partial charge in [-0.3, -0.25) is 9.59 Å². The van der Waals surface area contributed by atoms with Crippen molar-refractivity contribution in [2.75, 3.05) is 13.2 Å². The van der Waals surface area contributed by atoms with Crippen molar-refractivity contribution < 1.29 is 24.2 Å². The molecular weight excluding hydrogens is 861 g/mol. The molecule has 0 aliphatic heterocycles. The fraction of sp³-hybridized carbons (Fsp3) is 0.815. The van der Waals surface area contributed by atoms with Crippen molar-refractivity contribution in [3.8, 4) is 0 Å². The molecule has 0 fully saturated rings. The molecule has 0 aliphatic rings. The standard InChI is InChI=1S/C65H118O5/c1-3-5-7-9-11-13-15-17-19-21-23-25-27-28-29-30-31-32-33-34-35-36-38-39-41-43-45-47-49-51-53-55-57-59-64(67)69-62-63(61-66)70-65(68)60-58-56-54-52-50-48-46-44-42-40-37-26-24-22-20-18-16-14-12-10-8-6-4-2/h15-18,21-24,37,40,63,66H,3-14,19-20,25-36,38-39,41-62H2,1-2H3/b17-15-,18-16-,23-21-,24-22-,40-37-. The van der Waals surface area contributed by atoms with Crippen LogP contribution in [-0.4, -0.2) is 36.4 Å². The lowest BCUT2D eigenvalue weighted by Gasteiger charge is -2.15. The van der Waals surface area contributed by atoms with E-state index in [1.54, 1.807) is 0 Å². The van der Waals surface area contributed by atoms with E-state index in [0.717, 1.165) is 57.8 Å². The first kappa shape index (κ1) is 67.6. The van der Waals surface area contributed by atoms with Gasteiger partial charge in [0.05, 0.1) is 6.61 Å². The molecular formula is C65H118O5. The molecule has 0 amide bonds. The summed E-state index contributed by atoms with van der Waals surface area (Å²) in [7, 11) is 0. The molecule has 0 saturated carbocycles. The zero-order valence-corrected chi connectivity index (χ0v) is 46.8. The SMILES string of the molecule is CCCCCCC/C=C\C/C=C\C/C=C\CCCCCCCCCCC(=O)OC(CO)COC(=O)CCCCCCCCCCCCCCCCCCCCCCC/C=C\C/C=C\CCCCCCC. The van der Waals surface area contributed by atoms with Crippen LogP contribution in [0.4, 0.5) is 0 Å². The summed E-state index contributed by atoms with van der Waals surface area (Å²) in [5, 5.41) is 9.67. The summed E-state index contributed by atoms with van der Waals surface area (Å²) >= 11 is 0. The third kappa shape index (κ3) is 58.2. The Labute approximate surface area is 436 Å². The van der Waals surface area contributed by atoms with Crippen molar-refractivity contribution in [1.82, 2.24) is 0 Å². The molecule has 0 aromatic carbocycles. The Balaban J connectivity index is 3.44. The van der Waals surface area contributed by atoms with Crippen molar-refractivity contribution in [2.24, 2.45) is 0 Å². The molecule has 5 nitrogen and oxygen atoms in total. The molecule has 0 aromatic heterocycles. The number of rotatable bonds is 57. The fourth-order valence-corrected chi connectivity index (χ4v) is 9.13. The van der Waals surface area contributed by atoms with Crippen LogP contribution >= 0.6 is 0 Å². The zero-order valence-electron chi connectivity index (χ0n) is 46.8. The lowest BCUT2D eigenvalue weighted by atomic mass is 10.0. The summed E-state index contributed by atoms with van der Waals surface area (Å²) in [6, 6.07) is 0. The van der Waals surface area contributed by atoms with Gasteiger partial charge < -0.3 is 14.6 Å². The number of hydrogen-bond acceptors (Lipinski definition) is 5. The normalized spacial score (nSPS) is 12.6. The van der Waals surface area contributed by atoms with E-state index in [-0.39, 0.29) is 25.2 Å². The minimum Gasteiger partial charge on any atom is -0.462 e. The molecule has 70 heavy (non-hydrogen) atoms. The maximum atomic E-state index is 12.3. The molecule has 0 rings (SSSR count). The number of hydrogen-bond donors (Lipinski definition) is 1. The van der Waals surface area contributed by atoms with Crippen LogP contribution in [0.15, 0.2) is 60.8 Å². The number of carbonyl (C=O) groups is 2. The highest BCUT2D eigenvalue weighted by atomic mass is 16.6. The first-order valence-corrected chi connectivity index (χ1v) is 30.8. The summed E-state index contributed by atoms with van der Waals surface area (Å²) in [5.74, 6) is -0.586. The average Bonchev–Trinajstić information content (AvgIpc) is 3.36. The van der Waals surface area contributed by atoms with Crippen LogP contribution in [0.2, 0.25) is 0 Å². The molecule has 0 radical (unpaired) electrons. The number of unbranched alkanes of at least 4 members (excludes halogenated alkanes) is 39. The van der Waals surface area contributed by atoms with E-state index in [1.165, 1.54) is 238 Å². The third-order valence-electron chi connectivity index (χ3n) is 13.8. The molecule has 0 aromatic rings. The van der Waals surface area contributed by atoms with Crippen molar-refractivity contribution in [2.45, 2.75) is 328 Å². The van der Waals surface area contributed by atoms with Gasteiger partial charge in [0, 0.05) is 12.8 Å². The van der Waals surface area contributed by atoms with Crippen LogP contribution in [0.5, 0.6) is 0 Å².